The van der Waals surface area contributed by atoms with E-state index in [-0.39, 0.29) is 0 Å². The molecular weight excluding hydrogens is 238 g/mol. The molecule has 0 saturated carbocycles. The molecule has 0 unspecified atom stereocenters. The number of rotatable bonds is 7. The molecule has 0 aromatic carbocycles. The molecule has 0 fully saturated rings. The molecule has 0 spiro atoms. The van der Waals surface area contributed by atoms with E-state index in [1.165, 1.54) is 0 Å². The van der Waals surface area contributed by atoms with Crippen LogP contribution in [0.3, 0.4) is 0 Å². The highest BCUT2D eigenvalue weighted by Gasteiger charge is 2.34. The molecule has 9 nitrogen and oxygen atoms in total. The predicted molar refractivity (Wildman–Crippen MR) is 51.8 cm³/mol. The van der Waals surface area contributed by atoms with E-state index in [0.717, 1.165) is 0 Å². The molecule has 0 bridgehead atoms. The number of hydrogen-bond acceptors (Lipinski definition) is 7. The van der Waals surface area contributed by atoms with Gasteiger partial charge >= 0.3 is 5.97 Å². The van der Waals surface area contributed by atoms with Crippen molar-refractivity contribution >= 4 is 11.9 Å². The lowest BCUT2D eigenvalue weighted by atomic mass is 10.0. The minimum atomic E-state index is -2.12. The molecule has 0 aromatic heterocycles. The number of aliphatic hydroxyl groups is 5. The van der Waals surface area contributed by atoms with Crippen molar-refractivity contribution in [3.8, 4) is 0 Å². The molecule has 100 valence electrons. The van der Waals surface area contributed by atoms with E-state index in [2.05, 4.69) is 0 Å². The number of carboxylic acids is 1. The van der Waals surface area contributed by atoms with Crippen LogP contribution in [0.5, 0.6) is 0 Å². The molecule has 1 amide bonds. The fraction of sp³-hybridized carbons (Fsp3) is 0.750. The Morgan fingerprint density at radius 2 is 1.59 bits per heavy atom. The zero-order valence-corrected chi connectivity index (χ0v) is 8.72. The van der Waals surface area contributed by atoms with Gasteiger partial charge in [0.15, 0.2) is 6.10 Å². The van der Waals surface area contributed by atoms with E-state index in [0.29, 0.717) is 0 Å². The van der Waals surface area contributed by atoms with Gasteiger partial charge in [-0.15, -0.1) is 0 Å². The minimum absolute atomic E-state index is 0.763. The average Bonchev–Trinajstić information content (AvgIpc) is 2.31. The smallest absolute Gasteiger partial charge is 0.322 e. The average molecular weight is 253 g/mol. The van der Waals surface area contributed by atoms with Crippen LogP contribution < -0.4 is 5.32 Å². The third-order valence-corrected chi connectivity index (χ3v) is 1.94. The van der Waals surface area contributed by atoms with Crippen molar-refractivity contribution in [2.75, 3.05) is 13.2 Å². The summed E-state index contributed by atoms with van der Waals surface area (Å²) >= 11 is 0. The highest BCUT2D eigenvalue weighted by molar-refractivity contribution is 5.84. The van der Waals surface area contributed by atoms with Crippen LogP contribution in [0, 0.1) is 0 Å². The monoisotopic (exact) mass is 253 g/mol. The normalized spacial score (nSPS) is 17.9. The van der Waals surface area contributed by atoms with Gasteiger partial charge in [0.05, 0.1) is 6.61 Å². The van der Waals surface area contributed by atoms with Gasteiger partial charge in [0.25, 0.3) is 5.91 Å². The summed E-state index contributed by atoms with van der Waals surface area (Å²) in [6.07, 6.45) is -7.84. The van der Waals surface area contributed by atoms with Crippen LogP contribution in [0.4, 0.5) is 0 Å². The van der Waals surface area contributed by atoms with Gasteiger partial charge in [0.1, 0.15) is 24.9 Å². The first-order valence-electron chi connectivity index (χ1n) is 4.63. The Balaban J connectivity index is 4.32. The molecule has 0 aliphatic heterocycles. The Bertz CT molecular complexity index is 270. The summed E-state index contributed by atoms with van der Waals surface area (Å²) < 4.78 is 0. The Morgan fingerprint density at radius 3 is 2.00 bits per heavy atom. The first-order valence-corrected chi connectivity index (χ1v) is 4.63. The lowest BCUT2D eigenvalue weighted by Crippen LogP contribution is -2.52. The summed E-state index contributed by atoms with van der Waals surface area (Å²) in [5.41, 5.74) is 0. The SMILES string of the molecule is O=C(O)CNC(=O)[C@H](O)[C@@H](O)[C@H](O)[C@H](O)CO. The van der Waals surface area contributed by atoms with E-state index in [1.807, 2.05) is 0 Å². The van der Waals surface area contributed by atoms with Crippen molar-refractivity contribution in [2.45, 2.75) is 24.4 Å². The van der Waals surface area contributed by atoms with Crippen molar-refractivity contribution in [2.24, 2.45) is 0 Å². The molecule has 0 radical (unpaired) electrons. The zero-order valence-electron chi connectivity index (χ0n) is 8.72. The second kappa shape index (κ2) is 7.14. The number of carbonyl (C=O) groups excluding carboxylic acids is 1. The van der Waals surface area contributed by atoms with E-state index in [4.69, 9.17) is 20.4 Å². The predicted octanol–water partition coefficient (Wildman–Crippen LogP) is -4.38. The maximum Gasteiger partial charge on any atom is 0.322 e. The first-order chi connectivity index (χ1) is 7.81. The second-order valence-corrected chi connectivity index (χ2v) is 3.29. The lowest BCUT2D eigenvalue weighted by molar-refractivity contribution is -0.150. The van der Waals surface area contributed by atoms with E-state index >= 15 is 0 Å². The number of aliphatic carboxylic acids is 1. The summed E-state index contributed by atoms with van der Waals surface area (Å²) in [6.45, 7) is -1.64. The van der Waals surface area contributed by atoms with E-state index in [9.17, 15) is 19.8 Å². The van der Waals surface area contributed by atoms with Crippen molar-refractivity contribution < 1.29 is 40.2 Å². The van der Waals surface area contributed by atoms with Crippen LogP contribution in [-0.2, 0) is 9.59 Å². The summed E-state index contributed by atoms with van der Waals surface area (Å²) in [7, 11) is 0. The van der Waals surface area contributed by atoms with Crippen LogP contribution in [0.15, 0.2) is 0 Å². The van der Waals surface area contributed by atoms with Gasteiger partial charge in [-0.1, -0.05) is 0 Å². The molecule has 0 saturated heterocycles. The van der Waals surface area contributed by atoms with Gasteiger partial charge in [0, 0.05) is 0 Å². The highest BCUT2D eigenvalue weighted by atomic mass is 16.4. The number of hydrogen-bond donors (Lipinski definition) is 7. The highest BCUT2D eigenvalue weighted by Crippen LogP contribution is 2.05. The van der Waals surface area contributed by atoms with Gasteiger partial charge in [-0.05, 0) is 0 Å². The first kappa shape index (κ1) is 15.7. The van der Waals surface area contributed by atoms with Crippen molar-refractivity contribution in [3.05, 3.63) is 0 Å². The zero-order chi connectivity index (χ0) is 13.6. The second-order valence-electron chi connectivity index (χ2n) is 3.29. The van der Waals surface area contributed by atoms with Crippen molar-refractivity contribution in [1.82, 2.24) is 5.32 Å². The van der Waals surface area contributed by atoms with Crippen LogP contribution in [0.2, 0.25) is 0 Å². The Kier molecular flexibility index (Phi) is 6.61. The molecule has 0 aromatic rings. The van der Waals surface area contributed by atoms with Crippen LogP contribution >= 0.6 is 0 Å². The van der Waals surface area contributed by atoms with Gasteiger partial charge in [-0.2, -0.15) is 0 Å². The fourth-order valence-corrected chi connectivity index (χ4v) is 0.945. The van der Waals surface area contributed by atoms with E-state index in [1.54, 1.807) is 5.32 Å². The van der Waals surface area contributed by atoms with Crippen LogP contribution in [0.25, 0.3) is 0 Å². The third-order valence-electron chi connectivity index (χ3n) is 1.94. The van der Waals surface area contributed by atoms with Gasteiger partial charge in [-0.25, -0.2) is 0 Å². The molecule has 0 aliphatic carbocycles. The third kappa shape index (κ3) is 5.06. The number of nitrogens with one attached hydrogen (secondary N) is 1. The number of carbonyl (C=O) groups is 2. The Labute approximate surface area is 95.9 Å². The molecule has 4 atom stereocenters. The quantitative estimate of drug-likeness (QED) is 0.239. The van der Waals surface area contributed by atoms with E-state index < -0.39 is 49.4 Å². The summed E-state index contributed by atoms with van der Waals surface area (Å²) in [5, 5.41) is 55.0. The molecule has 17 heavy (non-hydrogen) atoms. The maximum atomic E-state index is 11.1. The summed E-state index contributed by atoms with van der Waals surface area (Å²) in [4.78, 5) is 21.2. The molecule has 0 heterocycles. The fourth-order valence-electron chi connectivity index (χ4n) is 0.945. The Morgan fingerprint density at radius 1 is 1.06 bits per heavy atom. The molecule has 0 aliphatic rings. The number of aliphatic hydroxyl groups excluding tert-OH is 5. The minimum Gasteiger partial charge on any atom is -0.480 e. The van der Waals surface area contributed by atoms with Crippen LogP contribution in [-0.4, -0.2) is 80.1 Å². The number of carboxylic acid groups (broad SMARTS) is 1. The van der Waals surface area contributed by atoms with Crippen LogP contribution in [0.1, 0.15) is 0 Å². The van der Waals surface area contributed by atoms with Gasteiger partial charge < -0.3 is 36.0 Å². The molecule has 9 heteroatoms. The topological polar surface area (TPSA) is 168 Å². The largest absolute Gasteiger partial charge is 0.480 e. The van der Waals surface area contributed by atoms with Gasteiger partial charge in [-0.3, -0.25) is 9.59 Å². The lowest BCUT2D eigenvalue weighted by Gasteiger charge is -2.24. The van der Waals surface area contributed by atoms with Crippen molar-refractivity contribution in [1.29, 1.82) is 0 Å². The van der Waals surface area contributed by atoms with Gasteiger partial charge in [0.2, 0.25) is 0 Å². The summed E-state index contributed by atoms with van der Waals surface area (Å²) in [5.74, 6) is -2.57. The Hall–Kier alpha value is -1.26. The molecular formula is C8H15NO8. The standard InChI is InChI=1S/C8H15NO8/c10-2-3(11)5(14)6(15)7(16)8(17)9-1-4(12)13/h3,5-7,10-11,14-16H,1-2H2,(H,9,17)(H,12,13)/t3-,5-,6+,7-/m1/s1. The molecule has 7 N–H and O–H groups in total. The number of amides is 1. The molecule has 0 rings (SSSR count). The van der Waals surface area contributed by atoms with Crippen molar-refractivity contribution in [3.63, 3.8) is 0 Å². The summed E-state index contributed by atoms with van der Waals surface area (Å²) in [6, 6.07) is 0. The maximum absolute atomic E-state index is 11.1.